The highest BCUT2D eigenvalue weighted by Crippen LogP contribution is 2.12. The standard InChI is InChI=1S/C17H34O2.C11H24O/c1-4-5-6-7-8-9-10-11-12-13-14-15-17(18)19-16(2)3;1-2-3-4-5-6-7-8-9-10-11-12/h16H,4-15H2,1-3H3;12H,2-11H2,1H3. The Balaban J connectivity index is 0. The van der Waals surface area contributed by atoms with Crippen molar-refractivity contribution in [3.05, 3.63) is 0 Å². The summed E-state index contributed by atoms with van der Waals surface area (Å²) in [4.78, 5) is 11.3. The lowest BCUT2D eigenvalue weighted by Crippen LogP contribution is -2.10. The number of hydrogen-bond acceptors (Lipinski definition) is 3. The second kappa shape index (κ2) is 29.4. The maximum atomic E-state index is 11.3. The van der Waals surface area contributed by atoms with Crippen LogP contribution >= 0.6 is 0 Å². The minimum atomic E-state index is -0.0362. The third-order valence-electron chi connectivity index (χ3n) is 5.61. The Morgan fingerprint density at radius 2 is 0.903 bits per heavy atom. The molecule has 0 aromatic rings. The highest BCUT2D eigenvalue weighted by atomic mass is 16.5. The van der Waals surface area contributed by atoms with Gasteiger partial charge in [-0.1, -0.05) is 129 Å². The fourth-order valence-electron chi connectivity index (χ4n) is 3.68. The largest absolute Gasteiger partial charge is 0.463 e. The molecule has 0 rings (SSSR count). The Hall–Kier alpha value is -0.570. The van der Waals surface area contributed by atoms with Gasteiger partial charge in [0, 0.05) is 13.0 Å². The predicted molar refractivity (Wildman–Crippen MR) is 137 cm³/mol. The van der Waals surface area contributed by atoms with E-state index >= 15 is 0 Å². The van der Waals surface area contributed by atoms with Crippen LogP contribution in [0.25, 0.3) is 0 Å². The number of carbonyl (C=O) groups excluding carboxylic acids is 1. The summed E-state index contributed by atoms with van der Waals surface area (Å²) >= 11 is 0. The molecular formula is C28H58O3. The Bertz CT molecular complexity index is 318. The van der Waals surface area contributed by atoms with Gasteiger partial charge in [-0.25, -0.2) is 0 Å². The van der Waals surface area contributed by atoms with Gasteiger partial charge in [0.05, 0.1) is 6.10 Å². The van der Waals surface area contributed by atoms with Crippen molar-refractivity contribution >= 4 is 5.97 Å². The molecule has 0 saturated heterocycles. The van der Waals surface area contributed by atoms with Crippen LogP contribution in [-0.2, 0) is 9.53 Å². The molecule has 1 N–H and O–H groups in total. The normalized spacial score (nSPS) is 10.8. The van der Waals surface area contributed by atoms with Crippen molar-refractivity contribution in [2.45, 2.75) is 169 Å². The van der Waals surface area contributed by atoms with Crippen molar-refractivity contribution in [2.75, 3.05) is 6.61 Å². The van der Waals surface area contributed by atoms with E-state index in [2.05, 4.69) is 13.8 Å². The maximum Gasteiger partial charge on any atom is 0.306 e. The van der Waals surface area contributed by atoms with Crippen LogP contribution in [-0.4, -0.2) is 23.8 Å². The molecule has 31 heavy (non-hydrogen) atoms. The number of aliphatic hydroxyl groups is 1. The molecule has 0 aliphatic carbocycles. The van der Waals surface area contributed by atoms with Crippen LogP contribution < -0.4 is 0 Å². The first kappa shape index (κ1) is 32.6. The lowest BCUT2D eigenvalue weighted by atomic mass is 10.1. The Morgan fingerprint density at radius 1 is 0.581 bits per heavy atom. The topological polar surface area (TPSA) is 46.5 Å². The molecule has 0 fully saturated rings. The molecule has 0 aliphatic rings. The first-order valence-corrected chi connectivity index (χ1v) is 13.9. The van der Waals surface area contributed by atoms with E-state index in [1.807, 2.05) is 13.8 Å². The van der Waals surface area contributed by atoms with Crippen LogP contribution in [0.1, 0.15) is 163 Å². The highest BCUT2D eigenvalue weighted by molar-refractivity contribution is 5.69. The number of ether oxygens (including phenoxy) is 1. The van der Waals surface area contributed by atoms with Gasteiger partial charge in [0.15, 0.2) is 0 Å². The molecule has 0 spiro atoms. The summed E-state index contributed by atoms with van der Waals surface area (Å²) in [7, 11) is 0. The van der Waals surface area contributed by atoms with Crippen molar-refractivity contribution in [2.24, 2.45) is 0 Å². The van der Waals surface area contributed by atoms with E-state index in [1.54, 1.807) is 0 Å². The number of carbonyl (C=O) groups is 1. The molecule has 0 heterocycles. The van der Waals surface area contributed by atoms with E-state index in [4.69, 9.17) is 9.84 Å². The van der Waals surface area contributed by atoms with E-state index in [0.717, 1.165) is 12.8 Å². The minimum absolute atomic E-state index is 0.0280. The van der Waals surface area contributed by atoms with Crippen LogP contribution in [0.2, 0.25) is 0 Å². The summed E-state index contributed by atoms with van der Waals surface area (Å²) in [6.45, 7) is 8.69. The lowest BCUT2D eigenvalue weighted by molar-refractivity contribution is -0.147. The summed E-state index contributed by atoms with van der Waals surface area (Å²) in [5.74, 6) is -0.0362. The number of unbranched alkanes of at least 4 members (excludes halogenated alkanes) is 18. The summed E-state index contributed by atoms with van der Waals surface area (Å²) < 4.78 is 5.10. The summed E-state index contributed by atoms with van der Waals surface area (Å²) in [5.41, 5.74) is 0. The first-order valence-electron chi connectivity index (χ1n) is 13.9. The van der Waals surface area contributed by atoms with Crippen molar-refractivity contribution in [3.8, 4) is 0 Å². The van der Waals surface area contributed by atoms with Crippen molar-refractivity contribution in [1.82, 2.24) is 0 Å². The molecule has 188 valence electrons. The number of esters is 1. The van der Waals surface area contributed by atoms with Gasteiger partial charge in [-0.05, 0) is 26.7 Å². The van der Waals surface area contributed by atoms with Crippen LogP contribution in [0.4, 0.5) is 0 Å². The molecular weight excluding hydrogens is 384 g/mol. The predicted octanol–water partition coefficient (Wildman–Crippen LogP) is 9.15. The fourth-order valence-corrected chi connectivity index (χ4v) is 3.68. The smallest absolute Gasteiger partial charge is 0.306 e. The van der Waals surface area contributed by atoms with Crippen molar-refractivity contribution in [1.29, 1.82) is 0 Å². The monoisotopic (exact) mass is 442 g/mol. The van der Waals surface area contributed by atoms with E-state index in [-0.39, 0.29) is 12.1 Å². The zero-order chi connectivity index (χ0) is 23.4. The fraction of sp³-hybridized carbons (Fsp3) is 0.964. The number of aliphatic hydroxyl groups excluding tert-OH is 1. The molecule has 0 bridgehead atoms. The molecule has 0 amide bonds. The molecule has 0 aromatic heterocycles. The lowest BCUT2D eigenvalue weighted by Gasteiger charge is -2.07. The van der Waals surface area contributed by atoms with Crippen LogP contribution in [0.5, 0.6) is 0 Å². The van der Waals surface area contributed by atoms with Crippen molar-refractivity contribution in [3.63, 3.8) is 0 Å². The molecule has 3 heteroatoms. The van der Waals surface area contributed by atoms with Gasteiger partial charge in [0.1, 0.15) is 0 Å². The van der Waals surface area contributed by atoms with Crippen LogP contribution in [0.3, 0.4) is 0 Å². The molecule has 0 atom stereocenters. The van der Waals surface area contributed by atoms with Gasteiger partial charge in [-0.2, -0.15) is 0 Å². The van der Waals surface area contributed by atoms with Gasteiger partial charge < -0.3 is 9.84 Å². The van der Waals surface area contributed by atoms with Gasteiger partial charge in [-0.15, -0.1) is 0 Å². The molecule has 0 aromatic carbocycles. The number of hydrogen-bond donors (Lipinski definition) is 1. The van der Waals surface area contributed by atoms with Crippen LogP contribution in [0.15, 0.2) is 0 Å². The zero-order valence-corrected chi connectivity index (χ0v) is 21.9. The van der Waals surface area contributed by atoms with Crippen molar-refractivity contribution < 1.29 is 14.6 Å². The summed E-state index contributed by atoms with van der Waals surface area (Å²) in [5, 5.41) is 8.54. The first-order chi connectivity index (χ1) is 15.1. The van der Waals surface area contributed by atoms with Gasteiger partial charge >= 0.3 is 5.97 Å². The van der Waals surface area contributed by atoms with Gasteiger partial charge in [0.2, 0.25) is 0 Å². The van der Waals surface area contributed by atoms with E-state index in [0.29, 0.717) is 13.0 Å². The molecule has 3 nitrogen and oxygen atoms in total. The maximum absolute atomic E-state index is 11.3. The molecule has 0 unspecified atom stereocenters. The SMILES string of the molecule is CCCCCCCCCCCCCC(=O)OC(C)C.CCCCCCCCCCCO. The third-order valence-corrected chi connectivity index (χ3v) is 5.61. The average Bonchev–Trinajstić information content (AvgIpc) is 2.74. The molecule has 0 radical (unpaired) electrons. The Kier molecular flexibility index (Phi) is 31.0. The summed E-state index contributed by atoms with van der Waals surface area (Å²) in [6.07, 6.45) is 26.9. The quantitative estimate of drug-likeness (QED) is 0.134. The zero-order valence-electron chi connectivity index (χ0n) is 21.9. The second-order valence-corrected chi connectivity index (χ2v) is 9.38. The highest BCUT2D eigenvalue weighted by Gasteiger charge is 2.04. The second-order valence-electron chi connectivity index (χ2n) is 9.38. The van der Waals surface area contributed by atoms with Gasteiger partial charge in [-0.3, -0.25) is 4.79 Å². The Morgan fingerprint density at radius 3 is 1.23 bits per heavy atom. The minimum Gasteiger partial charge on any atom is -0.463 e. The molecule has 0 saturated carbocycles. The third kappa shape index (κ3) is 34.2. The van der Waals surface area contributed by atoms with E-state index < -0.39 is 0 Å². The number of rotatable bonds is 22. The molecule has 0 aliphatic heterocycles. The van der Waals surface area contributed by atoms with E-state index in [1.165, 1.54) is 116 Å². The summed E-state index contributed by atoms with van der Waals surface area (Å²) in [6, 6.07) is 0. The average molecular weight is 443 g/mol. The van der Waals surface area contributed by atoms with Gasteiger partial charge in [0.25, 0.3) is 0 Å². The Labute approximate surface area is 196 Å². The van der Waals surface area contributed by atoms with Crippen LogP contribution in [0, 0.1) is 0 Å². The van der Waals surface area contributed by atoms with E-state index in [9.17, 15) is 4.79 Å².